The van der Waals surface area contributed by atoms with Gasteiger partial charge in [0.25, 0.3) is 0 Å². The largest absolute Gasteiger partial charge is 0.491 e. The van der Waals surface area contributed by atoms with Crippen molar-refractivity contribution >= 4 is 0 Å². The minimum atomic E-state index is -0.725. The predicted octanol–water partition coefficient (Wildman–Crippen LogP) is 1.49. The Morgan fingerprint density at radius 2 is 1.95 bits per heavy atom. The summed E-state index contributed by atoms with van der Waals surface area (Å²) in [5.41, 5.74) is 0.453. The van der Waals surface area contributed by atoms with Crippen LogP contribution in [-0.2, 0) is 0 Å². The summed E-state index contributed by atoms with van der Waals surface area (Å²) in [5, 5.41) is 22.6. The van der Waals surface area contributed by atoms with Gasteiger partial charge >= 0.3 is 0 Å². The molecule has 3 N–H and O–H groups in total. The molecule has 0 fully saturated rings. The Morgan fingerprint density at radius 1 is 1.32 bits per heavy atom. The van der Waals surface area contributed by atoms with Crippen LogP contribution in [0.2, 0.25) is 0 Å². The average Bonchev–Trinajstić information content (AvgIpc) is 2.38. The molecule has 0 amide bonds. The van der Waals surface area contributed by atoms with Gasteiger partial charge in [0.2, 0.25) is 0 Å². The Hall–Kier alpha value is -1.10. The summed E-state index contributed by atoms with van der Waals surface area (Å²) in [4.78, 5) is 0. The first-order chi connectivity index (χ1) is 8.93. The molecule has 0 aromatic heterocycles. The zero-order valence-corrected chi connectivity index (χ0v) is 12.0. The van der Waals surface area contributed by atoms with Gasteiger partial charge in [0, 0.05) is 13.1 Å². The molecule has 19 heavy (non-hydrogen) atoms. The van der Waals surface area contributed by atoms with Gasteiger partial charge in [-0.2, -0.15) is 0 Å². The molecule has 108 valence electrons. The van der Waals surface area contributed by atoms with E-state index in [1.54, 1.807) is 6.92 Å². The van der Waals surface area contributed by atoms with Gasteiger partial charge in [-0.15, -0.1) is 0 Å². The number of aliphatic hydroxyl groups excluding tert-OH is 1. The summed E-state index contributed by atoms with van der Waals surface area (Å²) in [7, 11) is 0. The number of benzene rings is 1. The van der Waals surface area contributed by atoms with Gasteiger partial charge in [0.05, 0.1) is 5.60 Å². The van der Waals surface area contributed by atoms with Crippen molar-refractivity contribution < 1.29 is 14.9 Å². The zero-order chi connectivity index (χ0) is 14.3. The topological polar surface area (TPSA) is 61.7 Å². The predicted molar refractivity (Wildman–Crippen MR) is 76.5 cm³/mol. The maximum Gasteiger partial charge on any atom is 0.119 e. The van der Waals surface area contributed by atoms with E-state index in [0.29, 0.717) is 19.5 Å². The highest BCUT2D eigenvalue weighted by atomic mass is 16.5. The lowest BCUT2D eigenvalue weighted by atomic mass is 10.0. The van der Waals surface area contributed by atoms with Gasteiger partial charge in [-0.1, -0.05) is 24.6 Å². The fraction of sp³-hybridized carbons (Fsp3) is 0.600. The van der Waals surface area contributed by atoms with Crippen LogP contribution in [-0.4, -0.2) is 41.6 Å². The maximum absolute atomic E-state index is 9.79. The van der Waals surface area contributed by atoms with E-state index in [-0.39, 0.29) is 6.61 Å². The van der Waals surface area contributed by atoms with E-state index in [1.165, 1.54) is 5.56 Å². The smallest absolute Gasteiger partial charge is 0.119 e. The van der Waals surface area contributed by atoms with E-state index in [0.717, 1.165) is 5.75 Å². The molecule has 0 spiro atoms. The van der Waals surface area contributed by atoms with Crippen LogP contribution >= 0.6 is 0 Å². The van der Waals surface area contributed by atoms with Crippen LogP contribution in [0.15, 0.2) is 24.3 Å². The molecule has 0 aliphatic carbocycles. The van der Waals surface area contributed by atoms with Crippen molar-refractivity contribution in [1.82, 2.24) is 5.32 Å². The van der Waals surface area contributed by atoms with Gasteiger partial charge in [0.1, 0.15) is 18.5 Å². The van der Waals surface area contributed by atoms with E-state index in [9.17, 15) is 10.2 Å². The number of rotatable bonds is 8. The molecule has 0 radical (unpaired) electrons. The normalized spacial score (nSPS) is 15.8. The van der Waals surface area contributed by atoms with E-state index in [2.05, 4.69) is 5.32 Å². The number of aryl methyl sites for hydroxylation is 1. The van der Waals surface area contributed by atoms with E-state index >= 15 is 0 Å². The van der Waals surface area contributed by atoms with Gasteiger partial charge in [-0.05, 0) is 32.4 Å². The van der Waals surface area contributed by atoms with Crippen molar-refractivity contribution in [3.05, 3.63) is 29.8 Å². The third-order valence-corrected chi connectivity index (χ3v) is 3.11. The molecule has 0 bridgehead atoms. The van der Waals surface area contributed by atoms with Crippen LogP contribution in [0, 0.1) is 6.92 Å². The average molecular weight is 267 g/mol. The molecule has 0 aliphatic heterocycles. The quantitative estimate of drug-likeness (QED) is 0.668. The lowest BCUT2D eigenvalue weighted by Gasteiger charge is -2.22. The second-order valence-corrected chi connectivity index (χ2v) is 5.26. The Balaban J connectivity index is 2.21. The van der Waals surface area contributed by atoms with Crippen LogP contribution in [0.25, 0.3) is 0 Å². The lowest BCUT2D eigenvalue weighted by molar-refractivity contribution is 0.0476. The number of hydrogen-bond acceptors (Lipinski definition) is 4. The molecule has 2 atom stereocenters. The standard InChI is InChI=1S/C15H25NO3/c1-4-15(3,18)11-16-9-13(17)10-19-14-7-5-12(2)6-8-14/h5-8,13,16-18H,4,9-11H2,1-3H3. The van der Waals surface area contributed by atoms with E-state index in [1.807, 2.05) is 38.1 Å². The molecular weight excluding hydrogens is 242 g/mol. The molecule has 0 saturated heterocycles. The highest BCUT2D eigenvalue weighted by molar-refractivity contribution is 5.26. The highest BCUT2D eigenvalue weighted by Gasteiger charge is 2.17. The molecule has 0 saturated carbocycles. The van der Waals surface area contributed by atoms with Crippen LogP contribution < -0.4 is 10.1 Å². The minimum absolute atomic E-state index is 0.240. The highest BCUT2D eigenvalue weighted by Crippen LogP contribution is 2.11. The molecule has 4 nitrogen and oxygen atoms in total. The summed E-state index contributed by atoms with van der Waals surface area (Å²) in [5.74, 6) is 0.755. The number of aliphatic hydroxyl groups is 2. The minimum Gasteiger partial charge on any atom is -0.491 e. The molecule has 4 heteroatoms. The van der Waals surface area contributed by atoms with Crippen LogP contribution in [0.4, 0.5) is 0 Å². The number of hydrogen-bond donors (Lipinski definition) is 3. The number of ether oxygens (including phenoxy) is 1. The summed E-state index contributed by atoms with van der Waals surface area (Å²) in [6, 6.07) is 7.71. The Labute approximate surface area is 115 Å². The fourth-order valence-corrected chi connectivity index (χ4v) is 1.52. The first-order valence-electron chi connectivity index (χ1n) is 6.73. The van der Waals surface area contributed by atoms with Crippen LogP contribution in [0.3, 0.4) is 0 Å². The summed E-state index contributed by atoms with van der Waals surface area (Å²) >= 11 is 0. The van der Waals surface area contributed by atoms with Crippen molar-refractivity contribution in [3.8, 4) is 5.75 Å². The molecule has 1 aromatic carbocycles. The molecule has 2 unspecified atom stereocenters. The monoisotopic (exact) mass is 267 g/mol. The summed E-state index contributed by atoms with van der Waals surface area (Å²) in [6.45, 7) is 6.83. The lowest BCUT2D eigenvalue weighted by Crippen LogP contribution is -2.41. The SMILES string of the molecule is CCC(C)(O)CNCC(O)COc1ccc(C)cc1. The van der Waals surface area contributed by atoms with Crippen LogP contribution in [0.1, 0.15) is 25.8 Å². The first kappa shape index (κ1) is 16.0. The first-order valence-corrected chi connectivity index (χ1v) is 6.73. The van der Waals surface area contributed by atoms with Gasteiger partial charge in [-0.25, -0.2) is 0 Å². The third-order valence-electron chi connectivity index (χ3n) is 3.11. The van der Waals surface area contributed by atoms with E-state index < -0.39 is 11.7 Å². The second kappa shape index (κ2) is 7.48. The van der Waals surface area contributed by atoms with Crippen molar-refractivity contribution in [1.29, 1.82) is 0 Å². The van der Waals surface area contributed by atoms with Crippen molar-refractivity contribution in [2.45, 2.75) is 38.9 Å². The molecule has 0 aliphatic rings. The molecule has 1 rings (SSSR count). The molecule has 1 aromatic rings. The summed E-state index contributed by atoms with van der Waals surface area (Å²) < 4.78 is 5.48. The third kappa shape index (κ3) is 6.57. The van der Waals surface area contributed by atoms with Gasteiger partial charge in [-0.3, -0.25) is 0 Å². The summed E-state index contributed by atoms with van der Waals surface area (Å²) in [6.07, 6.45) is 0.0876. The fourth-order valence-electron chi connectivity index (χ4n) is 1.52. The second-order valence-electron chi connectivity index (χ2n) is 5.26. The Kier molecular flexibility index (Phi) is 6.28. The Bertz CT molecular complexity index is 362. The zero-order valence-electron chi connectivity index (χ0n) is 12.0. The number of nitrogens with one attached hydrogen (secondary N) is 1. The Morgan fingerprint density at radius 3 is 2.53 bits per heavy atom. The molecular formula is C15H25NO3. The van der Waals surface area contributed by atoms with Gasteiger partial charge < -0.3 is 20.3 Å². The van der Waals surface area contributed by atoms with Crippen molar-refractivity contribution in [2.75, 3.05) is 19.7 Å². The van der Waals surface area contributed by atoms with Gasteiger partial charge in [0.15, 0.2) is 0 Å². The maximum atomic E-state index is 9.79. The van der Waals surface area contributed by atoms with Crippen molar-refractivity contribution in [2.24, 2.45) is 0 Å². The molecule has 0 heterocycles. The van der Waals surface area contributed by atoms with E-state index in [4.69, 9.17) is 4.74 Å². The van der Waals surface area contributed by atoms with Crippen LogP contribution in [0.5, 0.6) is 5.75 Å². The van der Waals surface area contributed by atoms with Crippen molar-refractivity contribution in [3.63, 3.8) is 0 Å².